The number of aryl methyl sites for hydroxylation is 1. The molecule has 4 heteroatoms. The lowest BCUT2D eigenvalue weighted by atomic mass is 9.96. The van der Waals surface area contributed by atoms with Crippen LogP contribution in [-0.2, 0) is 12.8 Å². The molecule has 1 heterocycles. The maximum atomic E-state index is 12.8. The molecule has 0 aliphatic heterocycles. The Bertz CT molecular complexity index is 646. The van der Waals surface area contributed by atoms with Gasteiger partial charge in [0.2, 0.25) is 0 Å². The van der Waals surface area contributed by atoms with Crippen LogP contribution in [0.5, 0.6) is 0 Å². The summed E-state index contributed by atoms with van der Waals surface area (Å²) in [6, 6.07) is 9.58. The lowest BCUT2D eigenvalue weighted by Gasteiger charge is -2.21. The van der Waals surface area contributed by atoms with E-state index < -0.39 is 0 Å². The minimum absolute atomic E-state index is 0.118. The molecule has 2 aromatic rings. The van der Waals surface area contributed by atoms with Crippen LogP contribution in [0.2, 0.25) is 0 Å². The Labute approximate surface area is 124 Å². The number of carbonyl (C=O) groups excluding carboxylic acids is 1. The Hall–Kier alpha value is -2.36. The lowest BCUT2D eigenvalue weighted by molar-refractivity contribution is 0.0980. The number of fused-ring (bicyclic) bond motifs is 1. The zero-order chi connectivity index (χ0) is 14.7. The van der Waals surface area contributed by atoms with Crippen LogP contribution in [0.1, 0.15) is 34.7 Å². The fourth-order valence-corrected chi connectivity index (χ4v) is 2.72. The first kappa shape index (κ1) is 13.6. The number of hydrogen-bond acceptors (Lipinski definition) is 3. The highest BCUT2D eigenvalue weighted by Crippen LogP contribution is 2.26. The third-order valence-corrected chi connectivity index (χ3v) is 3.78. The Balaban J connectivity index is 1.95. The van der Waals surface area contributed by atoms with Gasteiger partial charge in [-0.3, -0.25) is 4.79 Å². The van der Waals surface area contributed by atoms with E-state index in [-0.39, 0.29) is 5.91 Å². The third kappa shape index (κ3) is 2.61. The molecule has 3 rings (SSSR count). The quantitative estimate of drug-likeness (QED) is 0.808. The first-order valence-corrected chi connectivity index (χ1v) is 7.26. The summed E-state index contributed by atoms with van der Waals surface area (Å²) >= 11 is 0. The summed E-state index contributed by atoms with van der Waals surface area (Å²) in [5, 5.41) is 4.03. The lowest BCUT2D eigenvalue weighted by Crippen LogP contribution is -2.32. The minimum Gasteiger partial charge on any atom is -0.360 e. The van der Waals surface area contributed by atoms with Crippen LogP contribution in [0.3, 0.4) is 0 Å². The number of rotatable bonds is 4. The van der Waals surface area contributed by atoms with Crippen molar-refractivity contribution in [3.8, 4) is 0 Å². The van der Waals surface area contributed by atoms with Gasteiger partial charge in [-0.1, -0.05) is 29.4 Å². The molecule has 21 heavy (non-hydrogen) atoms. The Morgan fingerprint density at radius 2 is 2.05 bits per heavy atom. The summed E-state index contributed by atoms with van der Waals surface area (Å²) in [5.41, 5.74) is 2.28. The van der Waals surface area contributed by atoms with Gasteiger partial charge >= 0.3 is 0 Å². The predicted octanol–water partition coefficient (Wildman–Crippen LogP) is 3.39. The molecule has 0 N–H and O–H groups in total. The number of nitrogens with zero attached hydrogens (tertiary/aromatic N) is 2. The summed E-state index contributed by atoms with van der Waals surface area (Å²) in [5.74, 6) is 0.754. The monoisotopic (exact) mass is 282 g/mol. The topological polar surface area (TPSA) is 46.3 Å². The van der Waals surface area contributed by atoms with Gasteiger partial charge in [0.15, 0.2) is 5.69 Å². The van der Waals surface area contributed by atoms with E-state index in [4.69, 9.17) is 4.52 Å². The molecule has 108 valence electrons. The number of para-hydroxylation sites is 1. The molecule has 0 saturated carbocycles. The highest BCUT2D eigenvalue weighted by molar-refractivity contribution is 6.06. The number of benzene rings is 1. The minimum atomic E-state index is -0.118. The van der Waals surface area contributed by atoms with Gasteiger partial charge in [-0.2, -0.15) is 0 Å². The van der Waals surface area contributed by atoms with E-state index in [1.165, 1.54) is 0 Å². The molecule has 1 aliphatic rings. The van der Waals surface area contributed by atoms with Crippen molar-refractivity contribution in [2.75, 3.05) is 11.4 Å². The van der Waals surface area contributed by atoms with Gasteiger partial charge in [-0.25, -0.2) is 0 Å². The van der Waals surface area contributed by atoms with Crippen molar-refractivity contribution in [2.24, 2.45) is 0 Å². The van der Waals surface area contributed by atoms with Crippen LogP contribution in [0.4, 0.5) is 5.69 Å². The smallest absolute Gasteiger partial charge is 0.281 e. The fraction of sp³-hybridized carbons (Fsp3) is 0.294. The van der Waals surface area contributed by atoms with E-state index in [0.29, 0.717) is 12.2 Å². The van der Waals surface area contributed by atoms with Crippen LogP contribution in [-0.4, -0.2) is 17.6 Å². The SMILES string of the molecule is C=CCN(C(=O)c1noc2c1CCCC2)c1ccccc1. The average molecular weight is 282 g/mol. The number of anilines is 1. The van der Waals surface area contributed by atoms with Gasteiger partial charge in [0.1, 0.15) is 5.76 Å². The number of aromatic nitrogens is 1. The molecule has 1 aliphatic carbocycles. The highest BCUT2D eigenvalue weighted by Gasteiger charge is 2.27. The van der Waals surface area contributed by atoms with E-state index in [1.54, 1.807) is 11.0 Å². The summed E-state index contributed by atoms with van der Waals surface area (Å²) in [7, 11) is 0. The summed E-state index contributed by atoms with van der Waals surface area (Å²) in [6.07, 6.45) is 5.66. The molecule has 0 saturated heterocycles. The summed E-state index contributed by atoms with van der Waals surface area (Å²) in [4.78, 5) is 14.5. The summed E-state index contributed by atoms with van der Waals surface area (Å²) in [6.45, 7) is 4.19. The van der Waals surface area contributed by atoms with Gasteiger partial charge in [-0.15, -0.1) is 6.58 Å². The molecule has 0 unspecified atom stereocenters. The highest BCUT2D eigenvalue weighted by atomic mass is 16.5. The van der Waals surface area contributed by atoms with Gasteiger partial charge in [0, 0.05) is 24.2 Å². The largest absolute Gasteiger partial charge is 0.360 e. The molecule has 1 aromatic heterocycles. The zero-order valence-electron chi connectivity index (χ0n) is 11.9. The standard InChI is InChI=1S/C17H18N2O2/c1-2-12-19(13-8-4-3-5-9-13)17(20)16-14-10-6-7-11-15(14)21-18-16/h2-5,8-9H,1,6-7,10-12H2. The van der Waals surface area contributed by atoms with Crippen LogP contribution in [0.25, 0.3) is 0 Å². The molecule has 4 nitrogen and oxygen atoms in total. The number of hydrogen-bond donors (Lipinski definition) is 0. The van der Waals surface area contributed by atoms with E-state index in [2.05, 4.69) is 11.7 Å². The molecule has 1 aromatic carbocycles. The average Bonchev–Trinajstić information content (AvgIpc) is 2.97. The number of amides is 1. The zero-order valence-corrected chi connectivity index (χ0v) is 11.9. The maximum Gasteiger partial charge on any atom is 0.281 e. The van der Waals surface area contributed by atoms with Gasteiger partial charge < -0.3 is 9.42 Å². The second kappa shape index (κ2) is 5.95. The maximum absolute atomic E-state index is 12.8. The first-order valence-electron chi connectivity index (χ1n) is 7.26. The first-order chi connectivity index (χ1) is 10.3. The van der Waals surface area contributed by atoms with Gasteiger partial charge in [-0.05, 0) is 31.4 Å². The van der Waals surface area contributed by atoms with Crippen molar-refractivity contribution in [1.82, 2.24) is 5.16 Å². The van der Waals surface area contributed by atoms with Crippen molar-refractivity contribution < 1.29 is 9.32 Å². The van der Waals surface area contributed by atoms with E-state index in [9.17, 15) is 4.79 Å². The fourth-order valence-electron chi connectivity index (χ4n) is 2.72. The molecule has 0 radical (unpaired) electrons. The van der Waals surface area contributed by atoms with Crippen LogP contribution in [0, 0.1) is 0 Å². The van der Waals surface area contributed by atoms with Crippen LogP contribution >= 0.6 is 0 Å². The van der Waals surface area contributed by atoms with E-state index >= 15 is 0 Å². The van der Waals surface area contributed by atoms with Gasteiger partial charge in [0.25, 0.3) is 5.91 Å². The Morgan fingerprint density at radius 3 is 2.81 bits per heavy atom. The molecular weight excluding hydrogens is 264 g/mol. The predicted molar refractivity (Wildman–Crippen MR) is 81.5 cm³/mol. The van der Waals surface area contributed by atoms with Gasteiger partial charge in [0.05, 0.1) is 0 Å². The molecule has 0 spiro atoms. The van der Waals surface area contributed by atoms with Crippen molar-refractivity contribution in [3.63, 3.8) is 0 Å². The molecule has 0 atom stereocenters. The van der Waals surface area contributed by atoms with Crippen molar-refractivity contribution in [1.29, 1.82) is 0 Å². The molecule has 0 fully saturated rings. The molecule has 1 amide bonds. The third-order valence-electron chi connectivity index (χ3n) is 3.78. The molecular formula is C17H18N2O2. The van der Waals surface area contributed by atoms with Crippen LogP contribution in [0.15, 0.2) is 47.5 Å². The number of carbonyl (C=O) groups is 1. The second-order valence-electron chi connectivity index (χ2n) is 5.18. The van der Waals surface area contributed by atoms with Crippen molar-refractivity contribution in [2.45, 2.75) is 25.7 Å². The molecule has 0 bridgehead atoms. The Morgan fingerprint density at radius 1 is 1.29 bits per heavy atom. The van der Waals surface area contributed by atoms with Crippen LogP contribution < -0.4 is 4.90 Å². The Kier molecular flexibility index (Phi) is 3.86. The van der Waals surface area contributed by atoms with Crippen molar-refractivity contribution >= 4 is 11.6 Å². The van der Waals surface area contributed by atoms with Crippen molar-refractivity contribution in [3.05, 3.63) is 60.0 Å². The van der Waals surface area contributed by atoms with E-state index in [0.717, 1.165) is 42.7 Å². The second-order valence-corrected chi connectivity index (χ2v) is 5.18. The van der Waals surface area contributed by atoms with E-state index in [1.807, 2.05) is 30.3 Å². The normalized spacial score (nSPS) is 13.5. The summed E-state index contributed by atoms with van der Waals surface area (Å²) < 4.78 is 5.35.